The number of amides is 1. The number of halogens is 1. The van der Waals surface area contributed by atoms with E-state index in [0.29, 0.717) is 21.5 Å². The van der Waals surface area contributed by atoms with E-state index in [-0.39, 0.29) is 0 Å². The van der Waals surface area contributed by atoms with Crippen LogP contribution in [-0.2, 0) is 15.1 Å². The van der Waals surface area contributed by atoms with Crippen molar-refractivity contribution in [3.8, 4) is 22.5 Å². The first-order valence-corrected chi connectivity index (χ1v) is 13.5. The fourth-order valence-corrected chi connectivity index (χ4v) is 5.22. The number of carboxylic acids is 1. The maximum absolute atomic E-state index is 12.6. The van der Waals surface area contributed by atoms with Gasteiger partial charge in [0.15, 0.2) is 5.65 Å². The molecule has 200 valence electrons. The van der Waals surface area contributed by atoms with Gasteiger partial charge in [0.25, 0.3) is 0 Å². The highest BCUT2D eigenvalue weighted by Crippen LogP contribution is 2.42. The van der Waals surface area contributed by atoms with Crippen molar-refractivity contribution in [3.63, 3.8) is 0 Å². The second-order valence-corrected chi connectivity index (χ2v) is 11.5. The van der Waals surface area contributed by atoms with E-state index < -0.39 is 23.2 Å². The number of nitrogens with zero attached hydrogens (tertiary/aromatic N) is 3. The van der Waals surface area contributed by atoms with Crippen LogP contribution in [0.25, 0.3) is 34.2 Å². The molecule has 0 unspecified atom stereocenters. The highest BCUT2D eigenvalue weighted by atomic mass is 79.9. The fraction of sp³-hybridized carbons (Fsp3) is 0.267. The third-order valence-electron chi connectivity index (χ3n) is 6.69. The molecule has 0 bridgehead atoms. The number of rotatable bonds is 6. The van der Waals surface area contributed by atoms with Crippen molar-refractivity contribution in [3.05, 3.63) is 82.5 Å². The molecule has 0 atom stereocenters. The topological polar surface area (TPSA) is 106 Å². The van der Waals surface area contributed by atoms with E-state index in [4.69, 9.17) is 9.72 Å². The van der Waals surface area contributed by atoms with Crippen molar-refractivity contribution < 1.29 is 19.4 Å². The van der Waals surface area contributed by atoms with Crippen LogP contribution in [-0.4, -0.2) is 37.4 Å². The Morgan fingerprint density at radius 1 is 1.08 bits per heavy atom. The Morgan fingerprint density at radius 2 is 1.77 bits per heavy atom. The maximum atomic E-state index is 12.6. The zero-order valence-electron chi connectivity index (χ0n) is 21.9. The highest BCUT2D eigenvalue weighted by Gasteiger charge is 2.41. The number of benzene rings is 2. The Bertz CT molecular complexity index is 1570. The minimum atomic E-state index is -1.04. The molecule has 2 aromatic carbocycles. The summed E-state index contributed by atoms with van der Waals surface area (Å²) in [6, 6.07) is 19.6. The monoisotopic (exact) mass is 588 g/mol. The Kier molecular flexibility index (Phi) is 7.03. The molecular formula is C30H29BrN4O4. The van der Waals surface area contributed by atoms with Crippen molar-refractivity contribution in [2.75, 3.05) is 0 Å². The summed E-state index contributed by atoms with van der Waals surface area (Å²) < 4.78 is 7.81. The molecule has 4 aromatic rings. The van der Waals surface area contributed by atoms with Crippen LogP contribution in [0.5, 0.6) is 0 Å². The summed E-state index contributed by atoms with van der Waals surface area (Å²) in [5.41, 5.74) is 4.44. The van der Waals surface area contributed by atoms with Gasteiger partial charge >= 0.3 is 12.1 Å². The molecule has 0 saturated heterocycles. The van der Waals surface area contributed by atoms with Gasteiger partial charge in [0.05, 0.1) is 11.2 Å². The first kappa shape index (κ1) is 26.6. The molecule has 8 nitrogen and oxygen atoms in total. The lowest BCUT2D eigenvalue weighted by Gasteiger charge is -2.43. The molecule has 0 radical (unpaired) electrons. The minimum absolute atomic E-state index is 0.420. The van der Waals surface area contributed by atoms with Gasteiger partial charge in [-0.05, 0) is 73.7 Å². The number of nitrogens with one attached hydrogen (secondary N) is 1. The molecule has 2 N–H and O–H groups in total. The summed E-state index contributed by atoms with van der Waals surface area (Å²) in [6.45, 7) is 5.55. The van der Waals surface area contributed by atoms with Crippen LogP contribution >= 0.6 is 15.9 Å². The van der Waals surface area contributed by atoms with Crippen LogP contribution in [0.15, 0.2) is 71.3 Å². The standard InChI is InChI=1S/C30H29BrN4O4/c1-29(2,3)39-28(38)33-30(16-7-17-30)22-13-10-19(11-14-22)25-26(20-8-5-4-6-9-20)35-27(32-25)21(12-15-24(36)37)18-23(31)34-35/h4-6,8-15,18H,7,16-17H2,1-3H3,(H,33,38)(H,36,37). The van der Waals surface area contributed by atoms with E-state index >= 15 is 0 Å². The zero-order valence-corrected chi connectivity index (χ0v) is 23.5. The lowest BCUT2D eigenvalue weighted by molar-refractivity contribution is -0.131. The molecule has 1 aliphatic carbocycles. The lowest BCUT2D eigenvalue weighted by Crippen LogP contribution is -2.52. The SMILES string of the molecule is CC(C)(C)OC(=O)NC1(c2ccc(-c3nc4c(C=CC(=O)O)cc(Br)nn4c3-c3ccccc3)cc2)CCC1. The number of carbonyl (C=O) groups is 2. The predicted octanol–water partition coefficient (Wildman–Crippen LogP) is 6.83. The molecule has 2 aromatic heterocycles. The average molecular weight is 589 g/mol. The number of carbonyl (C=O) groups excluding carboxylic acids is 1. The van der Waals surface area contributed by atoms with E-state index in [1.165, 1.54) is 6.08 Å². The van der Waals surface area contributed by atoms with Crippen molar-refractivity contribution in [2.45, 2.75) is 51.2 Å². The normalized spacial score (nSPS) is 14.8. The molecule has 9 heteroatoms. The number of fused-ring (bicyclic) bond motifs is 1. The predicted molar refractivity (Wildman–Crippen MR) is 153 cm³/mol. The van der Waals surface area contributed by atoms with Gasteiger partial charge in [0, 0.05) is 22.8 Å². The first-order valence-electron chi connectivity index (χ1n) is 12.7. The third kappa shape index (κ3) is 5.59. The smallest absolute Gasteiger partial charge is 0.408 e. The number of ether oxygens (including phenoxy) is 1. The van der Waals surface area contributed by atoms with Gasteiger partial charge < -0.3 is 15.2 Å². The summed E-state index contributed by atoms with van der Waals surface area (Å²) in [5.74, 6) is -1.04. The molecule has 1 amide bonds. The fourth-order valence-electron chi connectivity index (χ4n) is 4.82. The quantitative estimate of drug-likeness (QED) is 0.239. The van der Waals surface area contributed by atoms with Crippen molar-refractivity contribution in [1.29, 1.82) is 0 Å². The molecule has 39 heavy (non-hydrogen) atoms. The number of hydrogen-bond acceptors (Lipinski definition) is 5. The number of imidazole rings is 1. The summed E-state index contributed by atoms with van der Waals surface area (Å²) in [4.78, 5) is 28.7. The summed E-state index contributed by atoms with van der Waals surface area (Å²) >= 11 is 3.46. The zero-order chi connectivity index (χ0) is 27.8. The number of hydrogen-bond donors (Lipinski definition) is 2. The van der Waals surface area contributed by atoms with E-state index in [0.717, 1.165) is 47.7 Å². The molecule has 1 fully saturated rings. The largest absolute Gasteiger partial charge is 0.478 e. The van der Waals surface area contributed by atoms with Gasteiger partial charge in [0.2, 0.25) is 0 Å². The third-order valence-corrected chi connectivity index (χ3v) is 7.08. The Hall–Kier alpha value is -3.98. The van der Waals surface area contributed by atoms with Gasteiger partial charge in [-0.1, -0.05) is 54.6 Å². The first-order chi connectivity index (χ1) is 18.5. The van der Waals surface area contributed by atoms with Crippen LogP contribution in [0.3, 0.4) is 0 Å². The highest BCUT2D eigenvalue weighted by molar-refractivity contribution is 9.10. The van der Waals surface area contributed by atoms with Gasteiger partial charge in [-0.25, -0.2) is 19.1 Å². The van der Waals surface area contributed by atoms with E-state index in [1.807, 2.05) is 75.4 Å². The van der Waals surface area contributed by atoms with Crippen LogP contribution in [0.2, 0.25) is 0 Å². The second kappa shape index (κ2) is 10.3. The van der Waals surface area contributed by atoms with Gasteiger partial charge in [-0.15, -0.1) is 0 Å². The molecule has 2 heterocycles. The Morgan fingerprint density at radius 3 is 2.36 bits per heavy atom. The van der Waals surface area contributed by atoms with Gasteiger partial charge in [-0.2, -0.15) is 5.10 Å². The van der Waals surface area contributed by atoms with E-state index in [2.05, 4.69) is 26.3 Å². The van der Waals surface area contributed by atoms with Gasteiger partial charge in [-0.3, -0.25) is 0 Å². The summed E-state index contributed by atoms with van der Waals surface area (Å²) in [7, 11) is 0. The maximum Gasteiger partial charge on any atom is 0.408 e. The average Bonchev–Trinajstić information content (AvgIpc) is 3.23. The van der Waals surface area contributed by atoms with Crippen LogP contribution in [0, 0.1) is 0 Å². The number of alkyl carbamates (subject to hydrolysis) is 1. The summed E-state index contributed by atoms with van der Waals surface area (Å²) in [5, 5.41) is 16.9. The van der Waals surface area contributed by atoms with Gasteiger partial charge in [0.1, 0.15) is 15.9 Å². The molecule has 1 saturated carbocycles. The number of carboxylic acid groups (broad SMARTS) is 1. The number of aromatic nitrogens is 3. The molecule has 0 spiro atoms. The van der Waals surface area contributed by atoms with Crippen LogP contribution in [0.4, 0.5) is 4.79 Å². The Labute approximate surface area is 234 Å². The van der Waals surface area contributed by atoms with Crippen LogP contribution in [0.1, 0.15) is 51.2 Å². The molecular weight excluding hydrogens is 560 g/mol. The van der Waals surface area contributed by atoms with Crippen LogP contribution < -0.4 is 5.32 Å². The lowest BCUT2D eigenvalue weighted by atomic mass is 9.71. The van der Waals surface area contributed by atoms with E-state index in [1.54, 1.807) is 10.6 Å². The van der Waals surface area contributed by atoms with Crippen molar-refractivity contribution in [2.24, 2.45) is 0 Å². The second-order valence-electron chi connectivity index (χ2n) is 10.6. The summed E-state index contributed by atoms with van der Waals surface area (Å²) in [6.07, 6.45) is 4.88. The molecule has 5 rings (SSSR count). The Balaban J connectivity index is 1.58. The van der Waals surface area contributed by atoms with Crippen molar-refractivity contribution >= 4 is 39.7 Å². The molecule has 1 aliphatic rings. The van der Waals surface area contributed by atoms with Crippen molar-refractivity contribution in [1.82, 2.24) is 19.9 Å². The minimum Gasteiger partial charge on any atom is -0.478 e. The number of aliphatic carboxylic acids is 1. The molecule has 0 aliphatic heterocycles. The van der Waals surface area contributed by atoms with E-state index in [9.17, 15) is 14.7 Å².